The van der Waals surface area contributed by atoms with Gasteiger partial charge in [-0.25, -0.2) is 0 Å². The van der Waals surface area contributed by atoms with E-state index in [1.807, 2.05) is 54.7 Å². The van der Waals surface area contributed by atoms with E-state index in [0.29, 0.717) is 18.7 Å². The van der Waals surface area contributed by atoms with Crippen LogP contribution < -0.4 is 0 Å². The van der Waals surface area contributed by atoms with E-state index in [9.17, 15) is 9.90 Å². The minimum Gasteiger partial charge on any atom is -0.390 e. The van der Waals surface area contributed by atoms with Gasteiger partial charge in [0.2, 0.25) is 0 Å². The maximum atomic E-state index is 12.4. The Labute approximate surface area is 178 Å². The minimum atomic E-state index is -0.415. The van der Waals surface area contributed by atoms with E-state index in [4.69, 9.17) is 0 Å². The van der Waals surface area contributed by atoms with Crippen molar-refractivity contribution in [2.24, 2.45) is 0 Å². The predicted molar refractivity (Wildman–Crippen MR) is 123 cm³/mol. The Morgan fingerprint density at radius 1 is 0.933 bits per heavy atom. The van der Waals surface area contributed by atoms with Crippen molar-refractivity contribution in [1.29, 1.82) is 0 Å². The SMILES string of the molecule is O=C(/C=C/c1cn(C[C@@H](O)CN2CCCCCC2)c2ccccc12)c1ccccc1. The molecule has 0 bridgehead atoms. The number of para-hydroxylation sites is 1. The van der Waals surface area contributed by atoms with Crippen molar-refractivity contribution in [2.75, 3.05) is 19.6 Å². The second-order valence-electron chi connectivity index (χ2n) is 8.19. The molecule has 4 nitrogen and oxygen atoms in total. The first-order chi connectivity index (χ1) is 14.7. The van der Waals surface area contributed by atoms with Crippen molar-refractivity contribution in [3.63, 3.8) is 0 Å². The molecule has 2 aromatic carbocycles. The van der Waals surface area contributed by atoms with E-state index in [2.05, 4.69) is 21.6 Å². The molecular weight excluding hydrogens is 372 g/mol. The summed E-state index contributed by atoms with van der Waals surface area (Å²) < 4.78 is 2.12. The number of ketones is 1. The van der Waals surface area contributed by atoms with Gasteiger partial charge in [-0.3, -0.25) is 4.79 Å². The maximum absolute atomic E-state index is 12.4. The highest BCUT2D eigenvalue weighted by Gasteiger charge is 2.16. The van der Waals surface area contributed by atoms with Gasteiger partial charge in [0, 0.05) is 41.3 Å². The molecule has 156 valence electrons. The smallest absolute Gasteiger partial charge is 0.185 e. The first-order valence-electron chi connectivity index (χ1n) is 11.0. The predicted octanol–water partition coefficient (Wildman–Crippen LogP) is 4.77. The first-order valence-corrected chi connectivity index (χ1v) is 11.0. The summed E-state index contributed by atoms with van der Waals surface area (Å²) in [5.74, 6) is -0.00590. The van der Waals surface area contributed by atoms with Crippen molar-refractivity contribution in [2.45, 2.75) is 38.3 Å². The molecule has 1 atom stereocenters. The van der Waals surface area contributed by atoms with Crippen LogP contribution in [0.3, 0.4) is 0 Å². The molecule has 1 N–H and O–H groups in total. The third kappa shape index (κ3) is 5.07. The molecule has 1 aliphatic rings. The Morgan fingerprint density at radius 2 is 1.63 bits per heavy atom. The number of carbonyl (C=O) groups excluding carboxylic acids is 1. The van der Waals surface area contributed by atoms with E-state index < -0.39 is 6.10 Å². The van der Waals surface area contributed by atoms with Gasteiger partial charge in [0.05, 0.1) is 6.10 Å². The molecule has 4 rings (SSSR count). The lowest BCUT2D eigenvalue weighted by Crippen LogP contribution is -2.35. The number of nitrogens with zero attached hydrogens (tertiary/aromatic N) is 2. The molecule has 30 heavy (non-hydrogen) atoms. The fraction of sp³-hybridized carbons (Fsp3) is 0.346. The van der Waals surface area contributed by atoms with E-state index in [1.54, 1.807) is 6.08 Å². The molecule has 1 aromatic heterocycles. The summed E-state index contributed by atoms with van der Waals surface area (Å²) in [4.78, 5) is 14.8. The normalized spacial score (nSPS) is 16.7. The number of benzene rings is 2. The maximum Gasteiger partial charge on any atom is 0.185 e. The van der Waals surface area contributed by atoms with Crippen LogP contribution in [0, 0.1) is 0 Å². The number of hydrogen-bond acceptors (Lipinski definition) is 3. The van der Waals surface area contributed by atoms with Crippen LogP contribution in [0.15, 0.2) is 66.9 Å². The van der Waals surface area contributed by atoms with Gasteiger partial charge in [-0.1, -0.05) is 61.4 Å². The fourth-order valence-corrected chi connectivity index (χ4v) is 4.32. The molecular formula is C26H30N2O2. The number of aromatic nitrogens is 1. The highest BCUT2D eigenvalue weighted by atomic mass is 16.3. The molecule has 1 fully saturated rings. The number of hydrogen-bond donors (Lipinski definition) is 1. The number of fused-ring (bicyclic) bond motifs is 1. The Morgan fingerprint density at radius 3 is 2.40 bits per heavy atom. The van der Waals surface area contributed by atoms with Crippen LogP contribution in [-0.4, -0.2) is 46.1 Å². The minimum absolute atomic E-state index is 0.00590. The lowest BCUT2D eigenvalue weighted by Gasteiger charge is -2.23. The summed E-state index contributed by atoms with van der Waals surface area (Å²) in [6.07, 6.45) is 10.2. The fourth-order valence-electron chi connectivity index (χ4n) is 4.32. The highest BCUT2D eigenvalue weighted by molar-refractivity contribution is 6.07. The van der Waals surface area contributed by atoms with Crippen LogP contribution >= 0.6 is 0 Å². The highest BCUT2D eigenvalue weighted by Crippen LogP contribution is 2.23. The Balaban J connectivity index is 1.50. The molecule has 0 unspecified atom stereocenters. The summed E-state index contributed by atoms with van der Waals surface area (Å²) >= 11 is 0. The third-order valence-electron chi connectivity index (χ3n) is 5.87. The van der Waals surface area contributed by atoms with Crippen molar-refractivity contribution < 1.29 is 9.90 Å². The van der Waals surface area contributed by atoms with Gasteiger partial charge in [-0.05, 0) is 44.1 Å². The zero-order valence-electron chi connectivity index (χ0n) is 17.4. The van der Waals surface area contributed by atoms with Crippen LogP contribution in [0.25, 0.3) is 17.0 Å². The zero-order valence-corrected chi connectivity index (χ0v) is 17.4. The molecule has 0 saturated carbocycles. The summed E-state index contributed by atoms with van der Waals surface area (Å²) in [5.41, 5.74) is 2.77. The van der Waals surface area contributed by atoms with Crippen molar-refractivity contribution in [3.8, 4) is 0 Å². The van der Waals surface area contributed by atoms with Crippen LogP contribution in [-0.2, 0) is 6.54 Å². The summed E-state index contributed by atoms with van der Waals surface area (Å²) in [6.45, 7) is 3.43. The second-order valence-corrected chi connectivity index (χ2v) is 8.19. The van der Waals surface area contributed by atoms with Crippen LogP contribution in [0.1, 0.15) is 41.6 Å². The largest absolute Gasteiger partial charge is 0.390 e. The molecule has 3 aromatic rings. The molecule has 2 heterocycles. The van der Waals surface area contributed by atoms with E-state index in [-0.39, 0.29) is 5.78 Å². The summed E-state index contributed by atoms with van der Waals surface area (Å²) in [7, 11) is 0. The number of aliphatic hydroxyl groups excluding tert-OH is 1. The van der Waals surface area contributed by atoms with Gasteiger partial charge in [-0.15, -0.1) is 0 Å². The van der Waals surface area contributed by atoms with Gasteiger partial charge >= 0.3 is 0 Å². The van der Waals surface area contributed by atoms with Crippen LogP contribution in [0.5, 0.6) is 0 Å². The molecule has 0 radical (unpaired) electrons. The molecule has 4 heteroatoms. The number of β-amino-alcohol motifs (C(OH)–C–C–N with tert-alkyl or cyclic N) is 1. The van der Waals surface area contributed by atoms with Crippen molar-refractivity contribution >= 4 is 22.8 Å². The van der Waals surface area contributed by atoms with E-state index in [0.717, 1.165) is 29.6 Å². The Hall–Kier alpha value is -2.69. The molecule has 0 spiro atoms. The topological polar surface area (TPSA) is 45.5 Å². The van der Waals surface area contributed by atoms with Crippen molar-refractivity contribution in [1.82, 2.24) is 9.47 Å². The lowest BCUT2D eigenvalue weighted by atomic mass is 10.1. The number of likely N-dealkylation sites (tertiary alicyclic amines) is 1. The van der Waals surface area contributed by atoms with Gasteiger partial charge < -0.3 is 14.6 Å². The second kappa shape index (κ2) is 9.88. The average molecular weight is 403 g/mol. The van der Waals surface area contributed by atoms with E-state index in [1.165, 1.54) is 25.7 Å². The molecule has 1 aliphatic heterocycles. The Bertz CT molecular complexity index is 998. The average Bonchev–Trinajstić information content (AvgIpc) is 2.92. The van der Waals surface area contributed by atoms with Gasteiger partial charge in [0.1, 0.15) is 0 Å². The number of aliphatic hydroxyl groups is 1. The van der Waals surface area contributed by atoms with Gasteiger partial charge in [0.15, 0.2) is 5.78 Å². The summed E-state index contributed by atoms with van der Waals surface area (Å²) in [6, 6.07) is 17.5. The zero-order chi connectivity index (χ0) is 20.8. The number of allylic oxidation sites excluding steroid dienone is 1. The quantitative estimate of drug-likeness (QED) is 0.457. The first kappa shape index (κ1) is 20.6. The van der Waals surface area contributed by atoms with Gasteiger partial charge in [0.25, 0.3) is 0 Å². The molecule has 0 amide bonds. The van der Waals surface area contributed by atoms with Crippen LogP contribution in [0.4, 0.5) is 0 Å². The van der Waals surface area contributed by atoms with Crippen LogP contribution in [0.2, 0.25) is 0 Å². The third-order valence-corrected chi connectivity index (χ3v) is 5.87. The lowest BCUT2D eigenvalue weighted by molar-refractivity contribution is 0.101. The van der Waals surface area contributed by atoms with Crippen molar-refractivity contribution in [3.05, 3.63) is 78.0 Å². The standard InChI is InChI=1S/C26H30N2O2/c29-23(19-27-16-8-1-2-9-17-27)20-28-18-22(24-12-6-7-13-25(24)28)14-15-26(30)21-10-4-3-5-11-21/h3-7,10-15,18,23,29H,1-2,8-9,16-17,19-20H2/b15-14+/t23-/m0/s1. The monoisotopic (exact) mass is 402 g/mol. The molecule has 0 aliphatic carbocycles. The van der Waals surface area contributed by atoms with Gasteiger partial charge in [-0.2, -0.15) is 0 Å². The molecule has 1 saturated heterocycles. The summed E-state index contributed by atoms with van der Waals surface area (Å²) in [5, 5.41) is 11.8. The Kier molecular flexibility index (Phi) is 6.77. The number of carbonyl (C=O) groups is 1. The number of rotatable bonds is 7. The van der Waals surface area contributed by atoms with E-state index >= 15 is 0 Å².